The lowest BCUT2D eigenvalue weighted by Crippen LogP contribution is -2.39. The molecule has 0 amide bonds. The fraction of sp³-hybridized carbons (Fsp3) is 0.562. The van der Waals surface area contributed by atoms with Crippen molar-refractivity contribution in [1.29, 1.82) is 0 Å². The summed E-state index contributed by atoms with van der Waals surface area (Å²) in [5.41, 5.74) is 1.38. The van der Waals surface area contributed by atoms with E-state index in [-0.39, 0.29) is 0 Å². The maximum absolute atomic E-state index is 11.2. The number of benzene rings is 1. The molecule has 3 nitrogen and oxygen atoms in total. The molecule has 0 radical (unpaired) electrons. The van der Waals surface area contributed by atoms with Gasteiger partial charge in [0.2, 0.25) is 0 Å². The zero-order valence-electron chi connectivity index (χ0n) is 11.7. The van der Waals surface area contributed by atoms with Crippen molar-refractivity contribution < 1.29 is 9.90 Å². The van der Waals surface area contributed by atoms with Crippen LogP contribution >= 0.6 is 0 Å². The summed E-state index contributed by atoms with van der Waals surface area (Å²) in [6.07, 6.45) is 1.86. The molecule has 0 bridgehead atoms. The number of hydrogen-bond donors (Lipinski definition) is 2. The molecule has 104 valence electrons. The molecule has 3 unspecified atom stereocenters. The summed E-state index contributed by atoms with van der Waals surface area (Å²) >= 11 is 0. The lowest BCUT2D eigenvalue weighted by Gasteiger charge is -2.16. The second-order valence-electron chi connectivity index (χ2n) is 5.94. The molecule has 19 heavy (non-hydrogen) atoms. The van der Waals surface area contributed by atoms with Crippen molar-refractivity contribution in [3.63, 3.8) is 0 Å². The van der Waals surface area contributed by atoms with Gasteiger partial charge in [0.15, 0.2) is 0 Å². The minimum absolute atomic E-state index is 0.401. The summed E-state index contributed by atoms with van der Waals surface area (Å²) in [5, 5.41) is 12.4. The predicted molar refractivity (Wildman–Crippen MR) is 76.2 cm³/mol. The van der Waals surface area contributed by atoms with E-state index in [1.807, 2.05) is 6.07 Å². The van der Waals surface area contributed by atoms with Crippen molar-refractivity contribution >= 4 is 5.97 Å². The fourth-order valence-corrected chi connectivity index (χ4v) is 2.62. The molecule has 0 heterocycles. The summed E-state index contributed by atoms with van der Waals surface area (Å²) < 4.78 is 0. The Labute approximate surface area is 115 Å². The molecule has 2 rings (SSSR count). The third-order valence-corrected chi connectivity index (χ3v) is 3.78. The van der Waals surface area contributed by atoms with Crippen LogP contribution in [0.15, 0.2) is 30.3 Å². The number of carbonyl (C=O) groups is 1. The van der Waals surface area contributed by atoms with Crippen LogP contribution < -0.4 is 5.32 Å². The van der Waals surface area contributed by atoms with Crippen LogP contribution in [-0.4, -0.2) is 23.7 Å². The molecule has 1 aliphatic rings. The molecule has 1 aromatic rings. The number of carboxylic acids is 1. The van der Waals surface area contributed by atoms with Gasteiger partial charge >= 0.3 is 5.97 Å². The van der Waals surface area contributed by atoms with Crippen LogP contribution in [0.4, 0.5) is 0 Å². The van der Waals surface area contributed by atoms with E-state index in [9.17, 15) is 9.90 Å². The molecule has 1 saturated carbocycles. The van der Waals surface area contributed by atoms with Crippen molar-refractivity contribution in [2.45, 2.75) is 38.6 Å². The topological polar surface area (TPSA) is 49.3 Å². The van der Waals surface area contributed by atoms with E-state index < -0.39 is 12.0 Å². The Morgan fingerprint density at radius 3 is 2.63 bits per heavy atom. The number of nitrogens with one attached hydrogen (secondary N) is 1. The largest absolute Gasteiger partial charge is 0.480 e. The van der Waals surface area contributed by atoms with E-state index in [4.69, 9.17) is 0 Å². The highest BCUT2D eigenvalue weighted by Gasteiger charge is 2.38. The van der Waals surface area contributed by atoms with Gasteiger partial charge in [0.1, 0.15) is 6.04 Å². The molecular formula is C16H23NO2. The fourth-order valence-electron chi connectivity index (χ4n) is 2.62. The normalized spacial score (nSPS) is 23.3. The van der Waals surface area contributed by atoms with Gasteiger partial charge < -0.3 is 10.4 Å². The molecule has 3 atom stereocenters. The van der Waals surface area contributed by atoms with Crippen molar-refractivity contribution in [1.82, 2.24) is 5.32 Å². The van der Waals surface area contributed by atoms with Crippen molar-refractivity contribution in [3.8, 4) is 0 Å². The Morgan fingerprint density at radius 1 is 1.37 bits per heavy atom. The monoisotopic (exact) mass is 261 g/mol. The SMILES string of the molecule is CC(C)CC(NCC1CC1c1ccccc1)C(=O)O. The predicted octanol–water partition coefficient (Wildman–Crippen LogP) is 2.88. The molecule has 1 fully saturated rings. The van der Waals surface area contributed by atoms with Crippen molar-refractivity contribution in [2.75, 3.05) is 6.54 Å². The lowest BCUT2D eigenvalue weighted by molar-refractivity contribution is -0.139. The number of rotatable bonds is 7. The van der Waals surface area contributed by atoms with Crippen LogP contribution in [0.2, 0.25) is 0 Å². The lowest BCUT2D eigenvalue weighted by atomic mass is 10.0. The third-order valence-electron chi connectivity index (χ3n) is 3.78. The summed E-state index contributed by atoms with van der Waals surface area (Å²) in [5.74, 6) is 0.877. The summed E-state index contributed by atoms with van der Waals surface area (Å²) in [7, 11) is 0. The standard InChI is InChI=1S/C16H23NO2/c1-11(2)8-15(16(18)19)17-10-13-9-14(13)12-6-4-3-5-7-12/h3-7,11,13-15,17H,8-10H2,1-2H3,(H,18,19). The Hall–Kier alpha value is -1.35. The highest BCUT2D eigenvalue weighted by molar-refractivity contribution is 5.73. The Bertz CT molecular complexity index is 416. The Balaban J connectivity index is 1.79. The minimum Gasteiger partial charge on any atom is -0.480 e. The van der Waals surface area contributed by atoms with Gasteiger partial charge in [0.25, 0.3) is 0 Å². The van der Waals surface area contributed by atoms with Gasteiger partial charge in [-0.25, -0.2) is 0 Å². The summed E-state index contributed by atoms with van der Waals surface area (Å²) in [6.45, 7) is 4.92. The number of hydrogen-bond acceptors (Lipinski definition) is 2. The van der Waals surface area contributed by atoms with Crippen molar-refractivity contribution in [3.05, 3.63) is 35.9 Å². The molecular weight excluding hydrogens is 238 g/mol. The second kappa shape index (κ2) is 6.20. The molecule has 3 heteroatoms. The first-order valence-electron chi connectivity index (χ1n) is 7.09. The Morgan fingerprint density at radius 2 is 2.05 bits per heavy atom. The summed E-state index contributed by atoms with van der Waals surface area (Å²) in [6, 6.07) is 10.1. The first-order valence-corrected chi connectivity index (χ1v) is 7.09. The van der Waals surface area contributed by atoms with E-state index >= 15 is 0 Å². The maximum Gasteiger partial charge on any atom is 0.320 e. The highest BCUT2D eigenvalue weighted by Crippen LogP contribution is 2.46. The number of carboxylic acid groups (broad SMARTS) is 1. The second-order valence-corrected chi connectivity index (χ2v) is 5.94. The van der Waals surface area contributed by atoms with Gasteiger partial charge in [-0.3, -0.25) is 4.79 Å². The van der Waals surface area contributed by atoms with Crippen molar-refractivity contribution in [2.24, 2.45) is 11.8 Å². The minimum atomic E-state index is -0.731. The van der Waals surface area contributed by atoms with Gasteiger partial charge in [-0.1, -0.05) is 44.2 Å². The molecule has 2 N–H and O–H groups in total. The van der Waals surface area contributed by atoms with Gasteiger partial charge in [-0.05, 0) is 42.7 Å². The first kappa shape index (κ1) is 14.1. The van der Waals surface area contributed by atoms with Crippen LogP contribution in [0.5, 0.6) is 0 Å². The Kier molecular flexibility index (Phi) is 4.59. The molecule has 1 aliphatic carbocycles. The van der Waals surface area contributed by atoms with Crippen LogP contribution in [0.3, 0.4) is 0 Å². The molecule has 0 spiro atoms. The van der Waals surface area contributed by atoms with E-state index in [2.05, 4.69) is 43.4 Å². The highest BCUT2D eigenvalue weighted by atomic mass is 16.4. The zero-order valence-corrected chi connectivity index (χ0v) is 11.7. The number of aliphatic carboxylic acids is 1. The van der Waals surface area contributed by atoms with Gasteiger partial charge in [0, 0.05) is 0 Å². The summed E-state index contributed by atoms with van der Waals surface area (Å²) in [4.78, 5) is 11.2. The maximum atomic E-state index is 11.2. The molecule has 1 aromatic carbocycles. The first-order chi connectivity index (χ1) is 9.08. The van der Waals surface area contributed by atoms with Gasteiger partial charge in [-0.15, -0.1) is 0 Å². The average molecular weight is 261 g/mol. The third kappa shape index (κ3) is 4.06. The molecule has 0 saturated heterocycles. The average Bonchev–Trinajstić information content (AvgIpc) is 3.14. The molecule has 0 aromatic heterocycles. The van der Waals surface area contributed by atoms with E-state index in [1.165, 1.54) is 12.0 Å². The van der Waals surface area contributed by atoms with Gasteiger partial charge in [0.05, 0.1) is 0 Å². The zero-order chi connectivity index (χ0) is 13.8. The smallest absolute Gasteiger partial charge is 0.320 e. The molecule has 0 aliphatic heterocycles. The van der Waals surface area contributed by atoms with Crippen LogP contribution in [0.1, 0.15) is 38.2 Å². The van der Waals surface area contributed by atoms with Crippen LogP contribution in [-0.2, 0) is 4.79 Å². The quantitative estimate of drug-likeness (QED) is 0.793. The van der Waals surface area contributed by atoms with Crippen LogP contribution in [0.25, 0.3) is 0 Å². The van der Waals surface area contributed by atoms with Crippen LogP contribution in [0, 0.1) is 11.8 Å². The van der Waals surface area contributed by atoms with E-state index in [0.29, 0.717) is 24.2 Å². The van der Waals surface area contributed by atoms with Gasteiger partial charge in [-0.2, -0.15) is 0 Å². The van der Waals surface area contributed by atoms with E-state index in [0.717, 1.165) is 6.54 Å². The van der Waals surface area contributed by atoms with E-state index in [1.54, 1.807) is 0 Å².